The van der Waals surface area contributed by atoms with Crippen LogP contribution in [0.5, 0.6) is 0 Å². The third-order valence-electron chi connectivity index (χ3n) is 2.42. The molecule has 0 aliphatic carbocycles. The Morgan fingerprint density at radius 1 is 0.741 bits per heavy atom. The van der Waals surface area contributed by atoms with E-state index in [1.165, 1.54) is 39.8 Å². The molecule has 0 bridgehead atoms. The van der Waals surface area contributed by atoms with E-state index in [2.05, 4.69) is 9.97 Å². The van der Waals surface area contributed by atoms with Gasteiger partial charge in [-0.15, -0.1) is 0 Å². The first-order chi connectivity index (χ1) is 12.2. The Morgan fingerprint density at radius 2 is 1.07 bits per heavy atom. The Labute approximate surface area is 169 Å². The first kappa shape index (κ1) is 26.4. The van der Waals surface area contributed by atoms with Gasteiger partial charge in [-0.3, -0.25) is 19.6 Å². The molecule has 2 aromatic rings. The minimum atomic E-state index is -0.125. The maximum Gasteiger partial charge on any atom is 0.155 e. The molecule has 6 nitrogen and oxygen atoms in total. The average Bonchev–Trinajstić information content (AvgIpc) is 2.55. The molecule has 0 saturated heterocycles. The molecule has 2 heterocycles. The van der Waals surface area contributed by atoms with Crippen molar-refractivity contribution in [2.75, 3.05) is 0 Å². The second-order valence-corrected chi connectivity index (χ2v) is 5.22. The largest absolute Gasteiger partial charge is 0.512 e. The summed E-state index contributed by atoms with van der Waals surface area (Å²) in [5.41, 5.74) is 1.83. The molecule has 2 rings (SSSR count). The van der Waals surface area contributed by atoms with Crippen LogP contribution in [0.15, 0.2) is 72.5 Å². The van der Waals surface area contributed by atoms with Gasteiger partial charge in [-0.25, -0.2) is 0 Å². The zero-order valence-corrected chi connectivity index (χ0v) is 16.7. The van der Waals surface area contributed by atoms with Gasteiger partial charge in [0, 0.05) is 41.0 Å². The standard InChI is InChI=1S/C10H8N2.2C5H8O2.Ni/c1-3-7-11-9(5-1)10-6-2-4-8-12-10;2*1-4(6)3-5(2)7;/h1-8H;2*3,6H,1-2H3;/b;2*4-3-;. The van der Waals surface area contributed by atoms with Crippen molar-refractivity contribution in [3.8, 4) is 11.4 Å². The van der Waals surface area contributed by atoms with E-state index in [9.17, 15) is 9.59 Å². The monoisotopic (exact) mass is 414 g/mol. The summed E-state index contributed by atoms with van der Waals surface area (Å²) in [5, 5.41) is 16.7. The zero-order valence-electron chi connectivity index (χ0n) is 15.7. The number of pyridine rings is 2. The van der Waals surface area contributed by atoms with Gasteiger partial charge in [0.05, 0.1) is 22.9 Å². The van der Waals surface area contributed by atoms with E-state index in [0.29, 0.717) is 0 Å². The fourth-order valence-corrected chi connectivity index (χ4v) is 1.62. The van der Waals surface area contributed by atoms with Crippen LogP contribution >= 0.6 is 0 Å². The van der Waals surface area contributed by atoms with Crippen LogP contribution in [0.1, 0.15) is 27.7 Å². The molecular formula is C20H24N2NiO4. The molecule has 0 fully saturated rings. The number of aromatic nitrogens is 2. The van der Waals surface area contributed by atoms with Crippen molar-refractivity contribution in [2.24, 2.45) is 0 Å². The second kappa shape index (κ2) is 15.5. The number of rotatable bonds is 3. The van der Waals surface area contributed by atoms with Crippen molar-refractivity contribution < 1.29 is 36.3 Å². The number of nitrogens with zero attached hydrogens (tertiary/aromatic N) is 2. The van der Waals surface area contributed by atoms with E-state index in [-0.39, 0.29) is 39.6 Å². The van der Waals surface area contributed by atoms with Gasteiger partial charge in [0.2, 0.25) is 0 Å². The molecule has 0 aliphatic heterocycles. The first-order valence-corrected chi connectivity index (χ1v) is 7.80. The molecule has 148 valence electrons. The molecule has 0 unspecified atom stereocenters. The van der Waals surface area contributed by atoms with Crippen molar-refractivity contribution in [3.05, 3.63) is 72.5 Å². The summed E-state index contributed by atoms with van der Waals surface area (Å²) in [6, 6.07) is 11.6. The summed E-state index contributed by atoms with van der Waals surface area (Å²) in [6.07, 6.45) is 5.87. The van der Waals surface area contributed by atoms with Crippen LogP contribution in [-0.4, -0.2) is 31.7 Å². The Morgan fingerprint density at radius 3 is 1.22 bits per heavy atom. The van der Waals surface area contributed by atoms with Crippen molar-refractivity contribution in [1.29, 1.82) is 0 Å². The van der Waals surface area contributed by atoms with Crippen LogP contribution in [0, 0.1) is 0 Å². The Hall–Kier alpha value is -2.79. The van der Waals surface area contributed by atoms with Crippen LogP contribution in [0.3, 0.4) is 0 Å². The maximum absolute atomic E-state index is 10.0. The predicted octanol–water partition coefficient (Wildman–Crippen LogP) is 4.22. The van der Waals surface area contributed by atoms with E-state index in [1.54, 1.807) is 12.4 Å². The molecular weight excluding hydrogens is 391 g/mol. The van der Waals surface area contributed by atoms with Crippen molar-refractivity contribution in [3.63, 3.8) is 0 Å². The molecule has 0 radical (unpaired) electrons. The van der Waals surface area contributed by atoms with Gasteiger partial charge in [-0.05, 0) is 52.0 Å². The number of aliphatic hydroxyl groups is 2. The zero-order chi connectivity index (χ0) is 19.9. The van der Waals surface area contributed by atoms with Gasteiger partial charge < -0.3 is 10.2 Å². The topological polar surface area (TPSA) is 100 Å². The van der Waals surface area contributed by atoms with Crippen LogP contribution in [0.2, 0.25) is 0 Å². The van der Waals surface area contributed by atoms with E-state index >= 15 is 0 Å². The van der Waals surface area contributed by atoms with Crippen molar-refractivity contribution in [2.45, 2.75) is 27.7 Å². The Balaban J connectivity index is 0. The van der Waals surface area contributed by atoms with Gasteiger partial charge in [-0.2, -0.15) is 0 Å². The first-order valence-electron chi connectivity index (χ1n) is 7.80. The predicted molar refractivity (Wildman–Crippen MR) is 102 cm³/mol. The number of hydrogen-bond donors (Lipinski definition) is 2. The SMILES string of the molecule is CC(=O)/C=C(/C)O.CC(=O)/C=C(/C)O.[Ni].c1ccc(-c2ccccn2)nc1. The van der Waals surface area contributed by atoms with E-state index in [1.807, 2.05) is 36.4 Å². The van der Waals surface area contributed by atoms with Crippen LogP contribution in [0.4, 0.5) is 0 Å². The van der Waals surface area contributed by atoms with E-state index in [0.717, 1.165) is 11.4 Å². The summed E-state index contributed by atoms with van der Waals surface area (Å²) in [7, 11) is 0. The third-order valence-corrected chi connectivity index (χ3v) is 2.42. The Bertz CT molecular complexity index is 672. The number of ketones is 2. The number of hydrogen-bond acceptors (Lipinski definition) is 6. The van der Waals surface area contributed by atoms with Crippen LogP contribution in [0.25, 0.3) is 11.4 Å². The molecule has 2 aromatic heterocycles. The molecule has 7 heteroatoms. The molecule has 2 N–H and O–H groups in total. The number of aliphatic hydroxyl groups excluding tert-OH is 2. The Kier molecular flexibility index (Phi) is 15.1. The fraction of sp³-hybridized carbons (Fsp3) is 0.200. The number of carbonyl (C=O) groups excluding carboxylic acids is 2. The van der Waals surface area contributed by atoms with Gasteiger partial charge in [-0.1, -0.05) is 12.1 Å². The molecule has 0 amide bonds. The quantitative estimate of drug-likeness (QED) is 0.443. The minimum absolute atomic E-state index is 0. The smallest absolute Gasteiger partial charge is 0.155 e. The molecule has 0 aliphatic rings. The van der Waals surface area contributed by atoms with E-state index < -0.39 is 0 Å². The minimum Gasteiger partial charge on any atom is -0.512 e. The molecule has 27 heavy (non-hydrogen) atoms. The number of allylic oxidation sites excluding steroid dienone is 4. The summed E-state index contributed by atoms with van der Waals surface area (Å²) in [4.78, 5) is 28.4. The number of carbonyl (C=O) groups is 2. The van der Waals surface area contributed by atoms with Gasteiger partial charge in [0.15, 0.2) is 11.6 Å². The van der Waals surface area contributed by atoms with Crippen molar-refractivity contribution >= 4 is 11.6 Å². The fourth-order valence-electron chi connectivity index (χ4n) is 1.62. The normalized spacial score (nSPS) is 10.2. The van der Waals surface area contributed by atoms with E-state index in [4.69, 9.17) is 10.2 Å². The summed E-state index contributed by atoms with van der Waals surface area (Å²) in [6.45, 7) is 5.70. The third kappa shape index (κ3) is 16.4. The molecule has 0 saturated carbocycles. The second-order valence-electron chi connectivity index (χ2n) is 5.22. The molecule has 0 aromatic carbocycles. The van der Waals surface area contributed by atoms with Gasteiger partial charge in [0.1, 0.15) is 0 Å². The van der Waals surface area contributed by atoms with Crippen LogP contribution in [-0.2, 0) is 26.1 Å². The summed E-state index contributed by atoms with van der Waals surface area (Å²) < 4.78 is 0. The van der Waals surface area contributed by atoms with Gasteiger partial charge in [0.25, 0.3) is 0 Å². The van der Waals surface area contributed by atoms with Gasteiger partial charge >= 0.3 is 0 Å². The summed E-state index contributed by atoms with van der Waals surface area (Å²) in [5.74, 6) is -0.125. The molecule has 0 spiro atoms. The average molecular weight is 415 g/mol. The molecule has 0 atom stereocenters. The maximum atomic E-state index is 10.0. The van der Waals surface area contributed by atoms with Crippen LogP contribution < -0.4 is 0 Å². The summed E-state index contributed by atoms with van der Waals surface area (Å²) >= 11 is 0. The van der Waals surface area contributed by atoms with Crippen molar-refractivity contribution in [1.82, 2.24) is 9.97 Å².